The SMILES string of the molecule is COC(=NC1CCCCC1)NC1CCCCC1.Cc1ccc(S(=O)(=O)O)cc1. The fourth-order valence-corrected chi connectivity index (χ4v) is 4.14. The molecule has 1 aromatic rings. The summed E-state index contributed by atoms with van der Waals surface area (Å²) in [6.07, 6.45) is 13.1. The number of amidine groups is 1. The van der Waals surface area contributed by atoms with Gasteiger partial charge in [0.15, 0.2) is 0 Å². The smallest absolute Gasteiger partial charge is 0.294 e. The van der Waals surface area contributed by atoms with Crippen LogP contribution in [-0.2, 0) is 14.9 Å². The Hall–Kier alpha value is -1.60. The van der Waals surface area contributed by atoms with E-state index in [1.54, 1.807) is 19.2 Å². The van der Waals surface area contributed by atoms with Gasteiger partial charge in [-0.1, -0.05) is 56.2 Å². The molecule has 6 nitrogen and oxygen atoms in total. The van der Waals surface area contributed by atoms with E-state index in [0.29, 0.717) is 12.1 Å². The highest BCUT2D eigenvalue weighted by atomic mass is 32.2. The van der Waals surface area contributed by atoms with Crippen LogP contribution in [-0.4, -0.2) is 38.2 Å². The number of nitrogens with one attached hydrogen (secondary N) is 1. The van der Waals surface area contributed by atoms with Crippen molar-refractivity contribution in [3.05, 3.63) is 29.8 Å². The second-order valence-electron chi connectivity index (χ2n) is 7.70. The van der Waals surface area contributed by atoms with Crippen molar-refractivity contribution in [2.24, 2.45) is 4.99 Å². The van der Waals surface area contributed by atoms with Crippen LogP contribution in [0.15, 0.2) is 34.2 Å². The summed E-state index contributed by atoms with van der Waals surface area (Å²) < 4.78 is 34.9. The Kier molecular flexibility index (Phi) is 9.25. The molecule has 0 spiro atoms. The van der Waals surface area contributed by atoms with Gasteiger partial charge in [0.05, 0.1) is 18.0 Å². The standard InChI is InChI=1S/C14H26N2O.C7H8O3S/c1-17-14(15-12-8-4-2-5-9-12)16-13-10-6-3-7-11-13;1-6-2-4-7(5-3-6)11(8,9)10/h12-13H,2-11H2,1H3,(H,15,16);2-5H,1H3,(H,8,9,10). The zero-order valence-electron chi connectivity index (χ0n) is 17.1. The van der Waals surface area contributed by atoms with Crippen LogP contribution in [0.2, 0.25) is 0 Å². The second-order valence-corrected chi connectivity index (χ2v) is 9.12. The molecule has 0 radical (unpaired) electrons. The first-order chi connectivity index (χ1) is 13.4. The minimum atomic E-state index is -4.02. The molecule has 0 heterocycles. The van der Waals surface area contributed by atoms with Gasteiger partial charge in [0, 0.05) is 6.04 Å². The Morgan fingerprint density at radius 1 is 1.00 bits per heavy atom. The van der Waals surface area contributed by atoms with E-state index in [-0.39, 0.29) is 4.90 Å². The highest BCUT2D eigenvalue weighted by molar-refractivity contribution is 7.85. The fourth-order valence-electron chi connectivity index (χ4n) is 3.66. The average Bonchev–Trinajstić information content (AvgIpc) is 2.69. The molecular weight excluding hydrogens is 376 g/mol. The lowest BCUT2D eigenvalue weighted by Crippen LogP contribution is -2.38. The van der Waals surface area contributed by atoms with Crippen molar-refractivity contribution in [3.63, 3.8) is 0 Å². The lowest BCUT2D eigenvalue weighted by Gasteiger charge is -2.25. The summed E-state index contributed by atoms with van der Waals surface area (Å²) in [5.74, 6) is 0. The van der Waals surface area contributed by atoms with E-state index >= 15 is 0 Å². The lowest BCUT2D eigenvalue weighted by molar-refractivity contribution is 0.331. The molecule has 7 heteroatoms. The van der Waals surface area contributed by atoms with Crippen LogP contribution in [0.5, 0.6) is 0 Å². The van der Waals surface area contributed by atoms with E-state index < -0.39 is 10.1 Å². The van der Waals surface area contributed by atoms with Crippen molar-refractivity contribution in [2.45, 2.75) is 88.1 Å². The maximum atomic E-state index is 10.5. The molecule has 0 bridgehead atoms. The van der Waals surface area contributed by atoms with E-state index in [2.05, 4.69) is 5.32 Å². The van der Waals surface area contributed by atoms with Crippen LogP contribution in [0.25, 0.3) is 0 Å². The monoisotopic (exact) mass is 410 g/mol. The molecule has 0 aromatic heterocycles. The first-order valence-electron chi connectivity index (χ1n) is 10.3. The minimum Gasteiger partial charge on any atom is -0.469 e. The first kappa shape index (κ1) is 22.7. The minimum absolute atomic E-state index is 0.0666. The maximum Gasteiger partial charge on any atom is 0.294 e. The molecule has 2 aliphatic carbocycles. The van der Waals surface area contributed by atoms with Crippen molar-refractivity contribution >= 4 is 16.1 Å². The average molecular weight is 411 g/mol. The number of benzene rings is 1. The van der Waals surface area contributed by atoms with E-state index in [9.17, 15) is 8.42 Å². The molecule has 158 valence electrons. The van der Waals surface area contributed by atoms with Crippen LogP contribution in [0.3, 0.4) is 0 Å². The Morgan fingerprint density at radius 2 is 1.54 bits per heavy atom. The van der Waals surface area contributed by atoms with E-state index in [4.69, 9.17) is 14.3 Å². The normalized spacial score (nSPS) is 19.5. The summed E-state index contributed by atoms with van der Waals surface area (Å²) in [5.41, 5.74) is 0.956. The molecular formula is C21H34N2O4S. The molecule has 2 fully saturated rings. The number of aryl methyl sites for hydroxylation is 1. The number of methoxy groups -OCH3 is 1. The zero-order valence-corrected chi connectivity index (χ0v) is 17.9. The van der Waals surface area contributed by atoms with Crippen molar-refractivity contribution in [1.29, 1.82) is 0 Å². The molecule has 0 atom stereocenters. The highest BCUT2D eigenvalue weighted by Gasteiger charge is 2.17. The van der Waals surface area contributed by atoms with E-state index in [1.807, 2.05) is 6.92 Å². The van der Waals surface area contributed by atoms with Crippen molar-refractivity contribution in [2.75, 3.05) is 7.11 Å². The number of hydrogen-bond acceptors (Lipinski definition) is 4. The Bertz CT molecular complexity index is 704. The number of nitrogens with zero attached hydrogens (tertiary/aromatic N) is 1. The number of rotatable bonds is 3. The van der Waals surface area contributed by atoms with Crippen LogP contribution in [0.1, 0.15) is 69.8 Å². The predicted molar refractivity (Wildman–Crippen MR) is 112 cm³/mol. The van der Waals surface area contributed by atoms with E-state index in [1.165, 1.54) is 76.3 Å². The van der Waals surface area contributed by atoms with Crippen LogP contribution < -0.4 is 5.32 Å². The molecule has 3 rings (SSSR count). The predicted octanol–water partition coefficient (Wildman–Crippen LogP) is 4.49. The molecule has 1 aromatic carbocycles. The maximum absolute atomic E-state index is 10.5. The van der Waals surface area contributed by atoms with Crippen LogP contribution >= 0.6 is 0 Å². The van der Waals surface area contributed by atoms with Gasteiger partial charge in [0.25, 0.3) is 16.1 Å². The van der Waals surface area contributed by atoms with Crippen molar-refractivity contribution in [1.82, 2.24) is 5.32 Å². The largest absolute Gasteiger partial charge is 0.469 e. The number of ether oxygens (including phenoxy) is 1. The van der Waals surface area contributed by atoms with Gasteiger partial charge in [-0.05, 0) is 44.7 Å². The molecule has 2 N–H and O–H groups in total. The van der Waals surface area contributed by atoms with Crippen LogP contribution in [0, 0.1) is 6.92 Å². The van der Waals surface area contributed by atoms with Gasteiger partial charge in [0.2, 0.25) is 0 Å². The zero-order chi connectivity index (χ0) is 20.4. The summed E-state index contributed by atoms with van der Waals surface area (Å²) in [5, 5.41) is 3.48. The lowest BCUT2D eigenvalue weighted by atomic mass is 9.95. The first-order valence-corrected chi connectivity index (χ1v) is 11.7. The summed E-state index contributed by atoms with van der Waals surface area (Å²) in [7, 11) is -2.29. The summed E-state index contributed by atoms with van der Waals surface area (Å²) >= 11 is 0. The third-order valence-electron chi connectivity index (χ3n) is 5.32. The van der Waals surface area contributed by atoms with Crippen molar-refractivity contribution < 1.29 is 17.7 Å². The van der Waals surface area contributed by atoms with Gasteiger partial charge in [-0.3, -0.25) is 4.55 Å². The third-order valence-corrected chi connectivity index (χ3v) is 6.19. The molecule has 28 heavy (non-hydrogen) atoms. The Balaban J connectivity index is 0.000000221. The van der Waals surface area contributed by atoms with Gasteiger partial charge in [-0.2, -0.15) is 8.42 Å². The summed E-state index contributed by atoms with van der Waals surface area (Å²) in [6.45, 7) is 1.84. The molecule has 0 amide bonds. The Labute approximate surface area is 169 Å². The second kappa shape index (κ2) is 11.4. The summed E-state index contributed by atoms with van der Waals surface area (Å²) in [4.78, 5) is 4.66. The molecule has 2 saturated carbocycles. The quantitative estimate of drug-likeness (QED) is 0.436. The van der Waals surface area contributed by atoms with E-state index in [0.717, 1.165) is 11.6 Å². The molecule has 0 unspecified atom stereocenters. The number of hydrogen-bond donors (Lipinski definition) is 2. The number of aliphatic imine (C=N–C) groups is 1. The van der Waals surface area contributed by atoms with Gasteiger partial charge in [-0.15, -0.1) is 0 Å². The Morgan fingerprint density at radius 3 is 2.04 bits per heavy atom. The molecule has 2 aliphatic rings. The third kappa shape index (κ3) is 8.19. The highest BCUT2D eigenvalue weighted by Crippen LogP contribution is 2.21. The molecule has 0 saturated heterocycles. The van der Waals surface area contributed by atoms with Crippen LogP contribution in [0.4, 0.5) is 0 Å². The summed E-state index contributed by atoms with van der Waals surface area (Å²) in [6, 6.07) is 7.85. The van der Waals surface area contributed by atoms with Gasteiger partial charge < -0.3 is 10.1 Å². The van der Waals surface area contributed by atoms with Gasteiger partial charge in [0.1, 0.15) is 0 Å². The topological polar surface area (TPSA) is 88.0 Å². The van der Waals surface area contributed by atoms with Gasteiger partial charge in [-0.25, -0.2) is 4.99 Å². The molecule has 0 aliphatic heterocycles. The van der Waals surface area contributed by atoms with Gasteiger partial charge >= 0.3 is 0 Å². The van der Waals surface area contributed by atoms with Crippen molar-refractivity contribution in [3.8, 4) is 0 Å². The fraction of sp³-hybridized carbons (Fsp3) is 0.667.